The van der Waals surface area contributed by atoms with E-state index in [0.29, 0.717) is 6.54 Å². The summed E-state index contributed by atoms with van der Waals surface area (Å²) >= 11 is 0. The van der Waals surface area contributed by atoms with E-state index in [1.807, 2.05) is 13.8 Å². The van der Waals surface area contributed by atoms with Crippen molar-refractivity contribution in [3.05, 3.63) is 22.4 Å². The van der Waals surface area contributed by atoms with Gasteiger partial charge in [0.05, 0.1) is 43.6 Å². The lowest BCUT2D eigenvalue weighted by Gasteiger charge is -2.32. The van der Waals surface area contributed by atoms with E-state index in [0.717, 1.165) is 31.7 Å². The molecule has 10 nitrogen and oxygen atoms in total. The fourth-order valence-corrected chi connectivity index (χ4v) is 3.22. The molecule has 2 rings (SSSR count). The Hall–Kier alpha value is -2.82. The molecule has 3 unspecified atom stereocenters. The summed E-state index contributed by atoms with van der Waals surface area (Å²) in [6, 6.07) is -0.356. The number of hydroxylamine groups is 1. The Bertz CT molecular complexity index is 801. The molecular formula is C19H30FN7O3. The number of hydrazone groups is 1. The number of unbranched alkanes of at least 4 members (excludes halogenated alkanes) is 1. The second-order valence-electron chi connectivity index (χ2n) is 7.27. The molecule has 1 aromatic rings. The number of amides is 1. The van der Waals surface area contributed by atoms with Crippen molar-refractivity contribution in [2.24, 2.45) is 11.0 Å². The van der Waals surface area contributed by atoms with Gasteiger partial charge in [-0.15, -0.1) is 0 Å². The number of anilines is 1. The van der Waals surface area contributed by atoms with E-state index in [2.05, 4.69) is 27.4 Å². The summed E-state index contributed by atoms with van der Waals surface area (Å²) in [6.45, 7) is 6.67. The Labute approximate surface area is 175 Å². The molecule has 1 amide bonds. The van der Waals surface area contributed by atoms with Gasteiger partial charge in [0.15, 0.2) is 0 Å². The molecule has 30 heavy (non-hydrogen) atoms. The minimum Gasteiger partial charge on any atom is -0.335 e. The zero-order chi connectivity index (χ0) is 22.1. The first-order chi connectivity index (χ1) is 14.4. The van der Waals surface area contributed by atoms with E-state index >= 15 is 0 Å². The number of aromatic amines is 1. The van der Waals surface area contributed by atoms with Crippen LogP contribution >= 0.6 is 0 Å². The van der Waals surface area contributed by atoms with E-state index < -0.39 is 11.4 Å². The number of aromatic nitrogens is 2. The topological polar surface area (TPSA) is 127 Å². The van der Waals surface area contributed by atoms with Crippen molar-refractivity contribution in [2.45, 2.75) is 52.1 Å². The van der Waals surface area contributed by atoms with Crippen LogP contribution in [0.3, 0.4) is 0 Å². The van der Waals surface area contributed by atoms with Gasteiger partial charge in [-0.1, -0.05) is 26.7 Å². The van der Waals surface area contributed by atoms with Gasteiger partial charge < -0.3 is 15.7 Å². The number of hydrogen-bond acceptors (Lipinski definition) is 8. The maximum atomic E-state index is 13.2. The zero-order valence-electron chi connectivity index (χ0n) is 17.6. The van der Waals surface area contributed by atoms with Crippen molar-refractivity contribution in [3.8, 4) is 0 Å². The largest absolute Gasteiger partial charge is 0.335 e. The molecule has 0 aromatic carbocycles. The lowest BCUT2D eigenvalue weighted by molar-refractivity contribution is -0.138. The highest BCUT2D eigenvalue weighted by atomic mass is 19.1. The number of H-pyrrole nitrogens is 1. The molecule has 0 saturated carbocycles. The van der Waals surface area contributed by atoms with Gasteiger partial charge in [-0.2, -0.15) is 9.49 Å². The summed E-state index contributed by atoms with van der Waals surface area (Å²) in [4.78, 5) is 38.4. The van der Waals surface area contributed by atoms with Crippen LogP contribution in [0.1, 0.15) is 40.0 Å². The van der Waals surface area contributed by atoms with E-state index in [1.54, 1.807) is 4.90 Å². The Balaban J connectivity index is 2.09. The maximum absolute atomic E-state index is 13.2. The highest BCUT2D eigenvalue weighted by Crippen LogP contribution is 2.19. The van der Waals surface area contributed by atoms with Crippen LogP contribution in [0.2, 0.25) is 0 Å². The normalized spacial score (nSPS) is 19.4. The van der Waals surface area contributed by atoms with Crippen molar-refractivity contribution in [3.63, 3.8) is 0 Å². The first-order valence-corrected chi connectivity index (χ1v) is 10.1. The van der Waals surface area contributed by atoms with Crippen molar-refractivity contribution in [1.82, 2.24) is 20.3 Å². The van der Waals surface area contributed by atoms with Crippen LogP contribution in [0.4, 0.5) is 10.3 Å². The zero-order valence-corrected chi connectivity index (χ0v) is 17.6. The van der Waals surface area contributed by atoms with Gasteiger partial charge in [0.25, 0.3) is 5.56 Å². The van der Waals surface area contributed by atoms with Gasteiger partial charge in [0.1, 0.15) is 0 Å². The van der Waals surface area contributed by atoms with E-state index in [1.165, 1.54) is 11.3 Å². The summed E-state index contributed by atoms with van der Waals surface area (Å²) in [7, 11) is 0. The quantitative estimate of drug-likeness (QED) is 0.406. The molecule has 1 aromatic heterocycles. The highest BCUT2D eigenvalue weighted by molar-refractivity contribution is 6.14. The molecule has 11 heteroatoms. The van der Waals surface area contributed by atoms with Crippen molar-refractivity contribution in [2.75, 3.05) is 24.8 Å². The van der Waals surface area contributed by atoms with E-state index in [9.17, 15) is 14.0 Å². The molecule has 1 aliphatic heterocycles. The minimum absolute atomic E-state index is 0.0350. The summed E-state index contributed by atoms with van der Waals surface area (Å²) in [6.07, 6.45) is 5.99. The molecule has 0 bridgehead atoms. The van der Waals surface area contributed by atoms with Gasteiger partial charge in [-0.3, -0.25) is 19.4 Å². The SMILES string of the molecule is CCCCC(N/N=C\C=N)C(C)C(=O)N1CCN(c2ncc(F)c(=O)[nH]2)OCC1C. The monoisotopic (exact) mass is 423 g/mol. The standard InChI is InChI=1S/C19H30FN7O3/c1-4-5-6-16(25-23-8-7-21)14(3)18(29)26-9-10-27(30-12-13(26)2)19-22-11-15(20)17(28)24-19/h7-8,11,13-14,16,21,25H,4-6,9-10,12H2,1-3H3,(H,22,24,28)/b21-7?,23-8-. The molecule has 3 N–H and O–H groups in total. The third-order valence-corrected chi connectivity index (χ3v) is 5.06. The summed E-state index contributed by atoms with van der Waals surface area (Å²) in [5.41, 5.74) is 2.12. The molecule has 0 aliphatic carbocycles. The average molecular weight is 423 g/mol. The van der Waals surface area contributed by atoms with Crippen molar-refractivity contribution < 1.29 is 14.0 Å². The van der Waals surface area contributed by atoms with Crippen LogP contribution in [0.15, 0.2) is 16.1 Å². The van der Waals surface area contributed by atoms with Gasteiger partial charge >= 0.3 is 0 Å². The molecule has 1 saturated heterocycles. The first kappa shape index (κ1) is 23.5. The third kappa shape index (κ3) is 6.09. The number of rotatable bonds is 9. The number of hydrogen-bond donors (Lipinski definition) is 3. The fraction of sp³-hybridized carbons (Fsp3) is 0.632. The first-order valence-electron chi connectivity index (χ1n) is 10.1. The van der Waals surface area contributed by atoms with Crippen LogP contribution < -0.4 is 16.0 Å². The average Bonchev–Trinajstić information content (AvgIpc) is 2.93. The highest BCUT2D eigenvalue weighted by Gasteiger charge is 2.32. The molecule has 2 heterocycles. The number of nitrogens with zero attached hydrogens (tertiary/aromatic N) is 4. The molecule has 0 radical (unpaired) electrons. The smallest absolute Gasteiger partial charge is 0.288 e. The Morgan fingerprint density at radius 3 is 3.00 bits per heavy atom. The predicted octanol–water partition coefficient (Wildman–Crippen LogP) is 1.30. The van der Waals surface area contributed by atoms with E-state index in [-0.39, 0.29) is 43.0 Å². The van der Waals surface area contributed by atoms with Gasteiger partial charge in [0.2, 0.25) is 17.7 Å². The third-order valence-electron chi connectivity index (χ3n) is 5.06. The summed E-state index contributed by atoms with van der Waals surface area (Å²) in [5.74, 6) is -1.24. The van der Waals surface area contributed by atoms with Crippen LogP contribution in [0, 0.1) is 17.1 Å². The molecule has 166 valence electrons. The number of nitrogens with one attached hydrogen (secondary N) is 3. The second kappa shape index (κ2) is 11.4. The predicted molar refractivity (Wildman–Crippen MR) is 112 cm³/mol. The second-order valence-corrected chi connectivity index (χ2v) is 7.27. The number of carbonyl (C=O) groups is 1. The Morgan fingerprint density at radius 1 is 1.57 bits per heavy atom. The summed E-state index contributed by atoms with van der Waals surface area (Å²) in [5, 5.41) is 12.4. The van der Waals surface area contributed by atoms with Crippen molar-refractivity contribution >= 4 is 24.3 Å². The van der Waals surface area contributed by atoms with Gasteiger partial charge in [0, 0.05) is 12.8 Å². The number of halogens is 1. The molecule has 0 spiro atoms. The molecule has 3 atom stereocenters. The maximum Gasteiger partial charge on any atom is 0.288 e. The van der Waals surface area contributed by atoms with Crippen LogP contribution in [-0.2, 0) is 9.63 Å². The lowest BCUT2D eigenvalue weighted by Crippen LogP contribution is -2.48. The van der Waals surface area contributed by atoms with Gasteiger partial charge in [-0.05, 0) is 13.3 Å². The number of carbonyl (C=O) groups excluding carboxylic acids is 1. The Kier molecular flexibility index (Phi) is 8.90. The molecule has 1 aliphatic rings. The minimum atomic E-state index is -0.969. The van der Waals surface area contributed by atoms with Crippen LogP contribution in [0.5, 0.6) is 0 Å². The Morgan fingerprint density at radius 2 is 2.33 bits per heavy atom. The molecular weight excluding hydrogens is 393 g/mol. The van der Waals surface area contributed by atoms with Crippen LogP contribution in [0.25, 0.3) is 0 Å². The molecule has 1 fully saturated rings. The fourth-order valence-electron chi connectivity index (χ4n) is 3.22. The van der Waals surface area contributed by atoms with E-state index in [4.69, 9.17) is 10.2 Å². The van der Waals surface area contributed by atoms with Crippen LogP contribution in [-0.4, -0.2) is 65.0 Å². The van der Waals surface area contributed by atoms with Gasteiger partial charge in [-0.25, -0.2) is 10.0 Å². The summed E-state index contributed by atoms with van der Waals surface area (Å²) < 4.78 is 13.2. The lowest BCUT2D eigenvalue weighted by atomic mass is 9.95. The van der Waals surface area contributed by atoms with Crippen molar-refractivity contribution in [1.29, 1.82) is 5.41 Å².